The van der Waals surface area contributed by atoms with Gasteiger partial charge in [0.05, 0.1) is 25.8 Å². The van der Waals surface area contributed by atoms with Gasteiger partial charge in [0.25, 0.3) is 0 Å². The Balaban J connectivity index is 2.33. The molecular formula is C13H14N2O4. The first-order chi connectivity index (χ1) is 9.15. The minimum Gasteiger partial charge on any atom is -0.497 e. The van der Waals surface area contributed by atoms with Gasteiger partial charge in [-0.1, -0.05) is 12.1 Å². The second kappa shape index (κ2) is 5.43. The zero-order valence-corrected chi connectivity index (χ0v) is 10.6. The summed E-state index contributed by atoms with van der Waals surface area (Å²) in [6, 6.07) is 6.19. The highest BCUT2D eigenvalue weighted by Crippen LogP contribution is 2.25. The second-order valence-electron chi connectivity index (χ2n) is 3.92. The molecular weight excluding hydrogens is 248 g/mol. The van der Waals surface area contributed by atoms with E-state index in [0.29, 0.717) is 11.3 Å². The van der Waals surface area contributed by atoms with E-state index in [2.05, 4.69) is 10.6 Å². The fourth-order valence-corrected chi connectivity index (χ4v) is 1.83. The summed E-state index contributed by atoms with van der Waals surface area (Å²) < 4.78 is 9.77. The zero-order chi connectivity index (χ0) is 13.8. The van der Waals surface area contributed by atoms with E-state index in [4.69, 9.17) is 9.47 Å². The van der Waals surface area contributed by atoms with Gasteiger partial charge in [0.15, 0.2) is 0 Å². The van der Waals surface area contributed by atoms with E-state index in [1.807, 2.05) is 0 Å². The Morgan fingerprint density at radius 1 is 1.21 bits per heavy atom. The molecule has 0 spiro atoms. The predicted octanol–water partition coefficient (Wildman–Crippen LogP) is 1.11. The summed E-state index contributed by atoms with van der Waals surface area (Å²) >= 11 is 0. The molecule has 2 N–H and O–H groups in total. The van der Waals surface area contributed by atoms with Gasteiger partial charge < -0.3 is 20.1 Å². The van der Waals surface area contributed by atoms with Crippen molar-refractivity contribution in [2.24, 2.45) is 0 Å². The predicted molar refractivity (Wildman–Crippen MR) is 67.5 cm³/mol. The number of methoxy groups -OCH3 is 2. The molecule has 1 heterocycles. The maximum atomic E-state index is 11.7. The molecule has 0 bridgehead atoms. The molecule has 19 heavy (non-hydrogen) atoms. The summed E-state index contributed by atoms with van der Waals surface area (Å²) in [6.45, 7) is 0. The van der Waals surface area contributed by atoms with Gasteiger partial charge in [-0.15, -0.1) is 0 Å². The van der Waals surface area contributed by atoms with Crippen LogP contribution in [0.2, 0.25) is 0 Å². The molecule has 1 unspecified atom stereocenters. The third-order valence-corrected chi connectivity index (χ3v) is 2.82. The lowest BCUT2D eigenvalue weighted by atomic mass is 9.98. The Labute approximate surface area is 110 Å². The zero-order valence-electron chi connectivity index (χ0n) is 10.6. The first-order valence-corrected chi connectivity index (χ1v) is 5.65. The number of urea groups is 1. The van der Waals surface area contributed by atoms with Crippen LogP contribution in [0.3, 0.4) is 0 Å². The smallest absolute Gasteiger partial charge is 0.337 e. The van der Waals surface area contributed by atoms with Gasteiger partial charge in [-0.05, 0) is 17.7 Å². The van der Waals surface area contributed by atoms with Crippen molar-refractivity contribution >= 4 is 12.0 Å². The van der Waals surface area contributed by atoms with Crippen LogP contribution in [0.25, 0.3) is 0 Å². The maximum absolute atomic E-state index is 11.7. The van der Waals surface area contributed by atoms with Crippen molar-refractivity contribution in [2.45, 2.75) is 6.04 Å². The van der Waals surface area contributed by atoms with Gasteiger partial charge in [0, 0.05) is 6.20 Å². The largest absolute Gasteiger partial charge is 0.497 e. The van der Waals surface area contributed by atoms with Crippen LogP contribution >= 0.6 is 0 Å². The lowest BCUT2D eigenvalue weighted by Gasteiger charge is -2.24. The highest BCUT2D eigenvalue weighted by atomic mass is 16.5. The molecule has 1 aliphatic rings. The van der Waals surface area contributed by atoms with E-state index < -0.39 is 12.0 Å². The average molecular weight is 262 g/mol. The summed E-state index contributed by atoms with van der Waals surface area (Å²) in [5.74, 6) is 0.209. The SMILES string of the molecule is COC(=O)C1=CNC(=O)NC1c1ccc(OC)cc1. The summed E-state index contributed by atoms with van der Waals surface area (Å²) in [7, 11) is 2.87. The van der Waals surface area contributed by atoms with Crippen molar-refractivity contribution in [1.29, 1.82) is 0 Å². The Morgan fingerprint density at radius 3 is 2.47 bits per heavy atom. The maximum Gasteiger partial charge on any atom is 0.337 e. The third-order valence-electron chi connectivity index (χ3n) is 2.82. The molecule has 1 aromatic rings. The molecule has 1 atom stereocenters. The summed E-state index contributed by atoms with van der Waals surface area (Å²) in [6.07, 6.45) is 1.36. The number of nitrogens with one attached hydrogen (secondary N) is 2. The molecule has 0 saturated carbocycles. The van der Waals surface area contributed by atoms with E-state index in [0.717, 1.165) is 5.56 Å². The van der Waals surface area contributed by atoms with Gasteiger partial charge >= 0.3 is 12.0 Å². The summed E-state index contributed by atoms with van der Waals surface area (Å²) in [5, 5.41) is 5.11. The first-order valence-electron chi connectivity index (χ1n) is 5.65. The number of rotatable bonds is 3. The Kier molecular flexibility index (Phi) is 3.70. The molecule has 1 aliphatic heterocycles. The summed E-state index contributed by atoms with van der Waals surface area (Å²) in [5.41, 5.74) is 1.11. The number of ether oxygens (including phenoxy) is 2. The average Bonchev–Trinajstić information content (AvgIpc) is 2.46. The highest BCUT2D eigenvalue weighted by Gasteiger charge is 2.28. The molecule has 0 radical (unpaired) electrons. The fourth-order valence-electron chi connectivity index (χ4n) is 1.83. The Morgan fingerprint density at radius 2 is 1.89 bits per heavy atom. The molecule has 0 saturated heterocycles. The number of carbonyl (C=O) groups excluding carboxylic acids is 2. The Bertz CT molecular complexity index is 522. The van der Waals surface area contributed by atoms with E-state index in [1.165, 1.54) is 13.3 Å². The van der Waals surface area contributed by atoms with Crippen molar-refractivity contribution in [3.05, 3.63) is 41.6 Å². The van der Waals surface area contributed by atoms with Crippen LogP contribution in [-0.4, -0.2) is 26.2 Å². The van der Waals surface area contributed by atoms with Crippen LogP contribution in [-0.2, 0) is 9.53 Å². The first kappa shape index (κ1) is 12.9. The monoisotopic (exact) mass is 262 g/mol. The van der Waals surface area contributed by atoms with E-state index in [1.54, 1.807) is 31.4 Å². The lowest BCUT2D eigenvalue weighted by Crippen LogP contribution is -2.42. The van der Waals surface area contributed by atoms with Crippen molar-refractivity contribution in [1.82, 2.24) is 10.6 Å². The van der Waals surface area contributed by atoms with Gasteiger partial charge in [0.2, 0.25) is 0 Å². The molecule has 6 nitrogen and oxygen atoms in total. The number of esters is 1. The van der Waals surface area contributed by atoms with Crippen molar-refractivity contribution in [2.75, 3.05) is 14.2 Å². The molecule has 0 aromatic heterocycles. The Hall–Kier alpha value is -2.50. The molecule has 2 amide bonds. The number of hydrogen-bond donors (Lipinski definition) is 2. The van der Waals surface area contributed by atoms with Crippen LogP contribution in [0, 0.1) is 0 Å². The van der Waals surface area contributed by atoms with Crippen LogP contribution in [0.15, 0.2) is 36.0 Å². The molecule has 6 heteroatoms. The third kappa shape index (κ3) is 2.67. The molecule has 0 fully saturated rings. The van der Waals surface area contributed by atoms with Crippen LogP contribution in [0.5, 0.6) is 5.75 Å². The number of carbonyl (C=O) groups is 2. The van der Waals surface area contributed by atoms with E-state index in [-0.39, 0.29) is 6.03 Å². The minimum absolute atomic E-state index is 0.340. The number of amides is 2. The molecule has 0 aliphatic carbocycles. The highest BCUT2D eigenvalue weighted by molar-refractivity contribution is 5.93. The van der Waals surface area contributed by atoms with Crippen LogP contribution < -0.4 is 15.4 Å². The standard InChI is InChI=1S/C13H14N2O4/c1-18-9-5-3-8(4-6-9)11-10(12(16)19-2)7-14-13(17)15-11/h3-7,11H,1-2H3,(H2,14,15,17). The fraction of sp³-hybridized carbons (Fsp3) is 0.231. The second-order valence-corrected chi connectivity index (χ2v) is 3.92. The van der Waals surface area contributed by atoms with E-state index in [9.17, 15) is 9.59 Å². The van der Waals surface area contributed by atoms with Crippen molar-refractivity contribution in [3.63, 3.8) is 0 Å². The van der Waals surface area contributed by atoms with Gasteiger partial charge in [-0.2, -0.15) is 0 Å². The van der Waals surface area contributed by atoms with Crippen LogP contribution in [0.1, 0.15) is 11.6 Å². The van der Waals surface area contributed by atoms with Gasteiger partial charge in [0.1, 0.15) is 5.75 Å². The van der Waals surface area contributed by atoms with Gasteiger partial charge in [-0.3, -0.25) is 0 Å². The topological polar surface area (TPSA) is 76.7 Å². The number of benzene rings is 1. The van der Waals surface area contributed by atoms with Crippen LogP contribution in [0.4, 0.5) is 4.79 Å². The normalized spacial score (nSPS) is 17.9. The van der Waals surface area contributed by atoms with Crippen molar-refractivity contribution in [3.8, 4) is 5.75 Å². The number of hydrogen-bond acceptors (Lipinski definition) is 4. The van der Waals surface area contributed by atoms with Crippen molar-refractivity contribution < 1.29 is 19.1 Å². The lowest BCUT2D eigenvalue weighted by molar-refractivity contribution is -0.136. The van der Waals surface area contributed by atoms with E-state index >= 15 is 0 Å². The minimum atomic E-state index is -0.535. The molecule has 1 aromatic carbocycles. The molecule has 2 rings (SSSR count). The van der Waals surface area contributed by atoms with Gasteiger partial charge in [-0.25, -0.2) is 9.59 Å². The quantitative estimate of drug-likeness (QED) is 0.800. The summed E-state index contributed by atoms with van der Waals surface area (Å²) in [4.78, 5) is 23.1. The molecule has 100 valence electrons.